The molecule has 0 atom stereocenters. The summed E-state index contributed by atoms with van der Waals surface area (Å²) in [5, 5.41) is 10.8. The number of amides is 1. The molecule has 0 unspecified atom stereocenters. The van der Waals surface area contributed by atoms with E-state index in [0.29, 0.717) is 17.8 Å². The molecule has 1 rings (SSSR count). The molecule has 0 bridgehead atoms. The van der Waals surface area contributed by atoms with Gasteiger partial charge in [0, 0.05) is 0 Å². The Bertz CT molecular complexity index is 331. The van der Waals surface area contributed by atoms with Crippen molar-refractivity contribution in [1.82, 2.24) is 0 Å². The van der Waals surface area contributed by atoms with Gasteiger partial charge in [-0.2, -0.15) is 5.26 Å². The van der Waals surface area contributed by atoms with Crippen LogP contribution in [-0.4, -0.2) is 13.0 Å². The van der Waals surface area contributed by atoms with Gasteiger partial charge >= 0.3 is 0 Å². The Morgan fingerprint density at radius 1 is 1.54 bits per heavy atom. The van der Waals surface area contributed by atoms with Gasteiger partial charge in [0.15, 0.2) is 6.61 Å². The van der Waals surface area contributed by atoms with E-state index in [1.54, 1.807) is 24.3 Å². The predicted molar refractivity (Wildman–Crippen MR) is 47.2 cm³/mol. The number of hydrogen-bond donors (Lipinski definition) is 1. The molecular formula is C9H8N2O2. The van der Waals surface area contributed by atoms with Crippen molar-refractivity contribution in [2.75, 3.05) is 11.9 Å². The average Bonchev–Trinajstić information content (AvgIpc) is 2.17. The topological polar surface area (TPSA) is 62.1 Å². The highest BCUT2D eigenvalue weighted by atomic mass is 16.5. The molecule has 4 nitrogen and oxygen atoms in total. The summed E-state index contributed by atoms with van der Waals surface area (Å²) in [6.45, 7) is -0.0302. The zero-order chi connectivity index (χ0) is 9.52. The molecule has 1 aromatic carbocycles. The Labute approximate surface area is 75.7 Å². The van der Waals surface area contributed by atoms with Crippen molar-refractivity contribution in [1.29, 1.82) is 5.26 Å². The largest absolute Gasteiger partial charge is 0.477 e. The van der Waals surface area contributed by atoms with E-state index in [2.05, 4.69) is 5.32 Å². The molecule has 0 aliphatic heterocycles. The Hall–Kier alpha value is -2.02. The van der Waals surface area contributed by atoms with Gasteiger partial charge in [0.1, 0.15) is 11.8 Å². The maximum atomic E-state index is 10.2. The third-order valence-electron chi connectivity index (χ3n) is 1.39. The van der Waals surface area contributed by atoms with E-state index in [0.717, 1.165) is 0 Å². The summed E-state index contributed by atoms with van der Waals surface area (Å²) in [7, 11) is 0. The first-order valence-corrected chi connectivity index (χ1v) is 3.67. The molecule has 0 spiro atoms. The van der Waals surface area contributed by atoms with Gasteiger partial charge in [0.25, 0.3) is 0 Å². The standard InChI is InChI=1S/C9H8N2O2/c10-5-6-13-9-4-2-1-3-8(9)11-7-12/h1-4,7H,6H2,(H,11,12). The van der Waals surface area contributed by atoms with Crippen LogP contribution in [0.3, 0.4) is 0 Å². The molecule has 0 radical (unpaired) electrons. The van der Waals surface area contributed by atoms with E-state index in [-0.39, 0.29) is 6.61 Å². The van der Waals surface area contributed by atoms with E-state index in [4.69, 9.17) is 10.00 Å². The summed E-state index contributed by atoms with van der Waals surface area (Å²) < 4.78 is 5.06. The van der Waals surface area contributed by atoms with Crippen LogP contribution in [0, 0.1) is 11.3 Å². The second-order valence-corrected chi connectivity index (χ2v) is 2.21. The zero-order valence-corrected chi connectivity index (χ0v) is 6.86. The molecule has 13 heavy (non-hydrogen) atoms. The van der Waals surface area contributed by atoms with Crippen LogP contribution >= 0.6 is 0 Å². The molecule has 0 fully saturated rings. The van der Waals surface area contributed by atoms with Gasteiger partial charge in [-0.3, -0.25) is 4.79 Å². The Balaban J connectivity index is 2.78. The minimum Gasteiger partial charge on any atom is -0.477 e. The Morgan fingerprint density at radius 2 is 2.31 bits per heavy atom. The van der Waals surface area contributed by atoms with E-state index in [1.807, 2.05) is 6.07 Å². The quantitative estimate of drug-likeness (QED) is 0.700. The molecule has 0 aromatic heterocycles. The summed E-state index contributed by atoms with van der Waals surface area (Å²) in [6.07, 6.45) is 0.564. The van der Waals surface area contributed by atoms with Gasteiger partial charge < -0.3 is 10.1 Å². The van der Waals surface area contributed by atoms with Gasteiger partial charge in [0.2, 0.25) is 6.41 Å². The number of ether oxygens (including phenoxy) is 1. The summed E-state index contributed by atoms with van der Waals surface area (Å²) in [4.78, 5) is 10.2. The number of anilines is 1. The highest BCUT2D eigenvalue weighted by Crippen LogP contribution is 2.22. The molecule has 0 heterocycles. The number of nitriles is 1. The van der Waals surface area contributed by atoms with Crippen LogP contribution in [0.25, 0.3) is 0 Å². The molecule has 1 aromatic rings. The van der Waals surface area contributed by atoms with Gasteiger partial charge in [-0.1, -0.05) is 12.1 Å². The number of carbonyl (C=O) groups is 1. The fourth-order valence-electron chi connectivity index (χ4n) is 0.885. The summed E-state index contributed by atoms with van der Waals surface area (Å²) in [5.74, 6) is 0.496. The van der Waals surface area contributed by atoms with Crippen LogP contribution in [0.1, 0.15) is 0 Å². The first-order valence-electron chi connectivity index (χ1n) is 3.67. The smallest absolute Gasteiger partial charge is 0.211 e. The van der Waals surface area contributed by atoms with Crippen molar-refractivity contribution in [2.24, 2.45) is 0 Å². The van der Waals surface area contributed by atoms with Crippen LogP contribution in [0.4, 0.5) is 5.69 Å². The van der Waals surface area contributed by atoms with Gasteiger partial charge in [-0.05, 0) is 12.1 Å². The second-order valence-electron chi connectivity index (χ2n) is 2.21. The number of carbonyl (C=O) groups excluding carboxylic acids is 1. The first kappa shape index (κ1) is 9.07. The minimum atomic E-state index is -0.0302. The zero-order valence-electron chi connectivity index (χ0n) is 6.86. The second kappa shape index (κ2) is 4.78. The Kier molecular flexibility index (Phi) is 3.33. The van der Waals surface area contributed by atoms with E-state index >= 15 is 0 Å². The molecule has 0 aliphatic rings. The maximum absolute atomic E-state index is 10.2. The van der Waals surface area contributed by atoms with Crippen LogP contribution in [0.2, 0.25) is 0 Å². The van der Waals surface area contributed by atoms with Crippen molar-refractivity contribution < 1.29 is 9.53 Å². The lowest BCUT2D eigenvalue weighted by atomic mass is 10.3. The highest BCUT2D eigenvalue weighted by Gasteiger charge is 1.99. The SMILES string of the molecule is N#CCOc1ccccc1NC=O. The van der Waals surface area contributed by atoms with Crippen LogP contribution in [0.15, 0.2) is 24.3 Å². The van der Waals surface area contributed by atoms with Crippen molar-refractivity contribution >= 4 is 12.1 Å². The number of hydrogen-bond acceptors (Lipinski definition) is 3. The average molecular weight is 176 g/mol. The third kappa shape index (κ3) is 2.49. The monoisotopic (exact) mass is 176 g/mol. The molecule has 66 valence electrons. The van der Waals surface area contributed by atoms with Gasteiger partial charge in [0.05, 0.1) is 5.69 Å². The van der Waals surface area contributed by atoms with Crippen molar-refractivity contribution in [3.05, 3.63) is 24.3 Å². The Morgan fingerprint density at radius 3 is 3.00 bits per heavy atom. The number of para-hydroxylation sites is 2. The van der Waals surface area contributed by atoms with Gasteiger partial charge in [-0.15, -0.1) is 0 Å². The molecule has 0 aliphatic carbocycles. The predicted octanol–water partition coefficient (Wildman–Crippen LogP) is 1.16. The van der Waals surface area contributed by atoms with Crippen LogP contribution in [0.5, 0.6) is 5.75 Å². The van der Waals surface area contributed by atoms with Crippen molar-refractivity contribution in [3.8, 4) is 11.8 Å². The summed E-state index contributed by atoms with van der Waals surface area (Å²) in [5.41, 5.74) is 0.563. The van der Waals surface area contributed by atoms with E-state index < -0.39 is 0 Å². The normalized spacial score (nSPS) is 8.54. The molecule has 1 amide bonds. The lowest BCUT2D eigenvalue weighted by Gasteiger charge is -2.06. The van der Waals surface area contributed by atoms with Crippen molar-refractivity contribution in [3.63, 3.8) is 0 Å². The number of nitrogens with zero attached hydrogens (tertiary/aromatic N) is 1. The lowest BCUT2D eigenvalue weighted by molar-refractivity contribution is -0.105. The summed E-state index contributed by atoms with van der Waals surface area (Å²) >= 11 is 0. The number of rotatable bonds is 4. The number of nitrogens with one attached hydrogen (secondary N) is 1. The van der Waals surface area contributed by atoms with E-state index in [9.17, 15) is 4.79 Å². The van der Waals surface area contributed by atoms with Crippen molar-refractivity contribution in [2.45, 2.75) is 0 Å². The molecule has 4 heteroatoms. The fraction of sp³-hybridized carbons (Fsp3) is 0.111. The van der Waals surface area contributed by atoms with Gasteiger partial charge in [-0.25, -0.2) is 0 Å². The van der Waals surface area contributed by atoms with Crippen LogP contribution in [-0.2, 0) is 4.79 Å². The first-order chi connectivity index (χ1) is 6.38. The lowest BCUT2D eigenvalue weighted by Crippen LogP contribution is -2.00. The molecule has 1 N–H and O–H groups in total. The molecule has 0 saturated heterocycles. The van der Waals surface area contributed by atoms with E-state index in [1.165, 1.54) is 0 Å². The highest BCUT2D eigenvalue weighted by molar-refractivity contribution is 5.75. The number of benzene rings is 1. The van der Waals surface area contributed by atoms with Crippen LogP contribution < -0.4 is 10.1 Å². The summed E-state index contributed by atoms with van der Waals surface area (Å²) in [6, 6.07) is 8.76. The maximum Gasteiger partial charge on any atom is 0.211 e. The molecule has 0 saturated carbocycles. The minimum absolute atomic E-state index is 0.0302. The molecular weight excluding hydrogens is 168 g/mol. The third-order valence-corrected chi connectivity index (χ3v) is 1.39. The fourth-order valence-corrected chi connectivity index (χ4v) is 0.885.